The molecule has 9 aromatic rings. The number of aliphatic imine (C=N–C) groups is 1. The van der Waals surface area contributed by atoms with E-state index in [4.69, 9.17) is 22.0 Å². The Kier molecular flexibility index (Phi) is 9.77. The number of fused-ring (bicyclic) bond motifs is 3. The summed E-state index contributed by atoms with van der Waals surface area (Å²) in [6.07, 6.45) is 2.86. The zero-order valence-corrected chi connectivity index (χ0v) is 33.6. The predicted molar refractivity (Wildman–Crippen MR) is 250 cm³/mol. The monoisotopic (exact) mass is 778 g/mol. The lowest BCUT2D eigenvalue weighted by molar-refractivity contribution is 0.642. The van der Waals surface area contributed by atoms with Crippen molar-refractivity contribution in [1.29, 1.82) is 0 Å². The molecule has 59 heavy (non-hydrogen) atoms. The van der Waals surface area contributed by atoms with E-state index in [2.05, 4.69) is 206 Å². The maximum Gasteiger partial charge on any atom is 0.145 e. The van der Waals surface area contributed by atoms with E-state index in [1.54, 1.807) is 0 Å². The molecule has 1 aromatic heterocycles. The maximum atomic E-state index is 6.92. The van der Waals surface area contributed by atoms with Gasteiger partial charge in [-0.2, -0.15) is 0 Å². The van der Waals surface area contributed by atoms with Crippen LogP contribution in [0, 0.1) is 5.92 Å². The summed E-state index contributed by atoms with van der Waals surface area (Å²) >= 11 is 4.94. The van der Waals surface area contributed by atoms with E-state index in [1.807, 2.05) is 6.07 Å². The molecule has 3 nitrogen and oxygen atoms in total. The predicted octanol–water partition coefficient (Wildman–Crippen LogP) is 14.7. The second-order valence-corrected chi connectivity index (χ2v) is 15.8. The van der Waals surface area contributed by atoms with E-state index in [1.165, 1.54) is 16.7 Å². The number of nitrogens with zero attached hydrogens (tertiary/aromatic N) is 1. The van der Waals surface area contributed by atoms with Crippen molar-refractivity contribution in [2.45, 2.75) is 24.4 Å². The first-order valence-corrected chi connectivity index (χ1v) is 20.7. The fourth-order valence-electron chi connectivity index (χ4n) is 8.51. The van der Waals surface area contributed by atoms with Gasteiger partial charge in [-0.3, -0.25) is 4.99 Å². The fourth-order valence-corrected chi connectivity index (χ4v) is 8.79. The van der Waals surface area contributed by atoms with E-state index in [-0.39, 0.29) is 12.1 Å². The summed E-state index contributed by atoms with van der Waals surface area (Å²) in [4.78, 5) is 6.46. The van der Waals surface area contributed by atoms with Gasteiger partial charge in [-0.15, -0.1) is 12.6 Å². The van der Waals surface area contributed by atoms with Crippen molar-refractivity contribution in [1.82, 2.24) is 5.32 Å². The summed E-state index contributed by atoms with van der Waals surface area (Å²) in [5, 5.41) is 6.10. The Balaban J connectivity index is 1.10. The van der Waals surface area contributed by atoms with Crippen LogP contribution in [0.25, 0.3) is 72.1 Å². The molecule has 1 aliphatic rings. The molecule has 284 valence electrons. The van der Waals surface area contributed by atoms with Gasteiger partial charge in [-0.05, 0) is 74.7 Å². The molecule has 0 spiro atoms. The largest absolute Gasteiger partial charge is 0.455 e. The minimum atomic E-state index is -0.319. The first-order chi connectivity index (χ1) is 29.1. The first-order valence-electron chi connectivity index (χ1n) is 20.3. The Labute approximate surface area is 350 Å². The molecule has 2 unspecified atom stereocenters. The topological polar surface area (TPSA) is 37.5 Å². The molecule has 10 rings (SSSR count). The summed E-state index contributed by atoms with van der Waals surface area (Å²) in [6, 6.07) is 68.4. The molecule has 8 aromatic carbocycles. The number of hydrogen-bond acceptors (Lipinski definition) is 4. The minimum Gasteiger partial charge on any atom is -0.455 e. The smallest absolute Gasteiger partial charge is 0.145 e. The fraction of sp³-hybridized carbons (Fsp3) is 0.0727. The molecule has 0 radical (unpaired) electrons. The van der Waals surface area contributed by atoms with Crippen LogP contribution in [0.2, 0.25) is 0 Å². The number of para-hydroxylation sites is 1. The highest BCUT2D eigenvalue weighted by atomic mass is 32.1. The van der Waals surface area contributed by atoms with E-state index >= 15 is 0 Å². The Morgan fingerprint density at radius 1 is 0.525 bits per heavy atom. The van der Waals surface area contributed by atoms with Crippen LogP contribution in [0.15, 0.2) is 215 Å². The molecule has 4 heteroatoms. The van der Waals surface area contributed by atoms with Crippen LogP contribution in [0.4, 0.5) is 0 Å². The number of allylic oxidation sites excluding steroid dienone is 1. The zero-order valence-electron chi connectivity index (χ0n) is 32.7. The zero-order chi connectivity index (χ0) is 39.7. The van der Waals surface area contributed by atoms with Crippen molar-refractivity contribution in [2.24, 2.45) is 10.9 Å². The lowest BCUT2D eigenvalue weighted by atomic mass is 9.90. The molecule has 0 saturated carbocycles. The number of nitrogens with one attached hydrogen (secondary N) is 1. The molecule has 2 heterocycles. The van der Waals surface area contributed by atoms with E-state index < -0.39 is 0 Å². The molecule has 0 aliphatic carbocycles. The second kappa shape index (κ2) is 15.8. The average Bonchev–Trinajstić information content (AvgIpc) is 3.69. The van der Waals surface area contributed by atoms with Gasteiger partial charge < -0.3 is 9.73 Å². The van der Waals surface area contributed by atoms with Gasteiger partial charge in [0.1, 0.15) is 17.3 Å². The summed E-state index contributed by atoms with van der Waals surface area (Å²) in [7, 11) is 0. The summed E-state index contributed by atoms with van der Waals surface area (Å²) in [5.41, 5.74) is 16.2. The van der Waals surface area contributed by atoms with Gasteiger partial charge in [-0.1, -0.05) is 189 Å². The average molecular weight is 779 g/mol. The molecule has 0 bridgehead atoms. The van der Waals surface area contributed by atoms with E-state index in [9.17, 15) is 0 Å². The Hall–Kier alpha value is -6.88. The minimum absolute atomic E-state index is 0.194. The van der Waals surface area contributed by atoms with Gasteiger partial charge in [0.25, 0.3) is 0 Å². The van der Waals surface area contributed by atoms with Crippen LogP contribution in [0.5, 0.6) is 0 Å². The highest BCUT2D eigenvalue weighted by molar-refractivity contribution is 7.80. The summed E-state index contributed by atoms with van der Waals surface area (Å²) < 4.78 is 6.92. The SMILES string of the molecule is CC1C/C=C(\c2cccc3oc4c(-c5ccc(-c6ccccc6)cc5-c5ccccc5S)cccc4c23)NC(c2ccc(-c3ccccc3)cc2)N=C1c1ccccc1. The molecular weight excluding hydrogens is 737 g/mol. The van der Waals surface area contributed by atoms with Gasteiger partial charge in [0.05, 0.1) is 0 Å². The van der Waals surface area contributed by atoms with Gasteiger partial charge in [-0.25, -0.2) is 0 Å². The third-order valence-electron chi connectivity index (χ3n) is 11.5. The van der Waals surface area contributed by atoms with Crippen LogP contribution in [0.1, 0.15) is 36.2 Å². The standard InChI is InChI=1S/C55H42N2OS/c1-36-27-34-49(56-55(57-53(36)40-19-9-4-10-20-40)41-30-28-39(29-31-41)37-15-5-2-6-16-37)46-23-14-25-50-52(46)47-24-13-22-45(54(47)58-50)43-33-32-42(38-17-7-3-8-18-38)35-48(43)44-21-11-12-26-51(44)59/h2-26,28-36,55-56,59H,27H2,1H3/b49-34+,57-53?. The Morgan fingerprint density at radius 2 is 1.12 bits per heavy atom. The highest BCUT2D eigenvalue weighted by Crippen LogP contribution is 2.44. The number of benzene rings is 8. The second-order valence-electron chi connectivity index (χ2n) is 15.3. The van der Waals surface area contributed by atoms with Gasteiger partial charge in [0.15, 0.2) is 0 Å². The summed E-state index contributed by atoms with van der Waals surface area (Å²) in [6.45, 7) is 2.28. The van der Waals surface area contributed by atoms with E-state index in [0.29, 0.717) is 0 Å². The van der Waals surface area contributed by atoms with Crippen molar-refractivity contribution in [2.75, 3.05) is 0 Å². The van der Waals surface area contributed by atoms with Crippen LogP contribution >= 0.6 is 12.6 Å². The van der Waals surface area contributed by atoms with Crippen molar-refractivity contribution < 1.29 is 4.42 Å². The molecule has 2 atom stereocenters. The van der Waals surface area contributed by atoms with Crippen LogP contribution in [-0.2, 0) is 0 Å². The van der Waals surface area contributed by atoms with Crippen molar-refractivity contribution in [3.8, 4) is 44.5 Å². The lowest BCUT2D eigenvalue weighted by Gasteiger charge is -2.26. The normalized spacial score (nSPS) is 16.4. The van der Waals surface area contributed by atoms with Gasteiger partial charge in [0.2, 0.25) is 0 Å². The summed E-state index contributed by atoms with van der Waals surface area (Å²) in [5.74, 6) is 0.194. The van der Waals surface area contributed by atoms with Crippen molar-refractivity contribution in [3.05, 3.63) is 217 Å². The van der Waals surface area contributed by atoms with Gasteiger partial charge >= 0.3 is 0 Å². The number of rotatable bonds is 7. The van der Waals surface area contributed by atoms with Crippen molar-refractivity contribution in [3.63, 3.8) is 0 Å². The van der Waals surface area contributed by atoms with Crippen LogP contribution < -0.4 is 5.32 Å². The number of furan rings is 1. The Morgan fingerprint density at radius 3 is 1.85 bits per heavy atom. The van der Waals surface area contributed by atoms with Gasteiger partial charge in [0, 0.05) is 44.1 Å². The van der Waals surface area contributed by atoms with Crippen molar-refractivity contribution >= 4 is 46.0 Å². The Bertz CT molecular complexity index is 3000. The maximum absolute atomic E-state index is 6.92. The molecule has 0 fully saturated rings. The van der Waals surface area contributed by atoms with Crippen LogP contribution in [-0.4, -0.2) is 5.71 Å². The quantitative estimate of drug-likeness (QED) is 0.158. The number of thiol groups is 1. The van der Waals surface area contributed by atoms with Crippen LogP contribution in [0.3, 0.4) is 0 Å². The number of hydrogen-bond donors (Lipinski definition) is 2. The molecule has 0 saturated heterocycles. The molecule has 0 amide bonds. The molecule has 1 aliphatic heterocycles. The third kappa shape index (κ3) is 7.07. The molecular formula is C55H42N2OS. The lowest BCUT2D eigenvalue weighted by Crippen LogP contribution is -2.25. The third-order valence-corrected chi connectivity index (χ3v) is 11.9. The first kappa shape index (κ1) is 36.5. The van der Waals surface area contributed by atoms with E-state index in [0.717, 1.165) is 89.2 Å². The highest BCUT2D eigenvalue weighted by Gasteiger charge is 2.24. The molecule has 1 N–H and O–H groups in total.